The van der Waals surface area contributed by atoms with Crippen molar-refractivity contribution >= 4 is 15.7 Å². The van der Waals surface area contributed by atoms with Crippen LogP contribution in [0, 0.1) is 17.6 Å². The molecule has 0 amide bonds. The monoisotopic (exact) mass is 533 g/mol. The number of hydrogen-bond donors (Lipinski definition) is 1. The summed E-state index contributed by atoms with van der Waals surface area (Å²) in [5.41, 5.74) is 5.20. The van der Waals surface area contributed by atoms with E-state index >= 15 is 4.39 Å². The van der Waals surface area contributed by atoms with Gasteiger partial charge in [-0.1, -0.05) is 12.1 Å². The average Bonchev–Trinajstić information content (AvgIpc) is 2.86. The van der Waals surface area contributed by atoms with Gasteiger partial charge in [-0.05, 0) is 62.2 Å². The maximum Gasteiger partial charge on any atom is 0.255 e. The molecule has 7 nitrogen and oxygen atoms in total. The molecule has 11 heteroatoms. The molecule has 1 aromatic heterocycles. The van der Waals surface area contributed by atoms with Crippen LogP contribution in [0.2, 0.25) is 0 Å². The van der Waals surface area contributed by atoms with Crippen molar-refractivity contribution in [1.82, 2.24) is 4.98 Å². The van der Waals surface area contributed by atoms with Gasteiger partial charge < -0.3 is 15.2 Å². The molecule has 1 unspecified atom stereocenters. The van der Waals surface area contributed by atoms with Crippen molar-refractivity contribution in [3.63, 3.8) is 0 Å². The van der Waals surface area contributed by atoms with E-state index in [9.17, 15) is 17.2 Å². The first-order valence-electron chi connectivity index (χ1n) is 11.8. The molecule has 1 aromatic carbocycles. The Hall–Kier alpha value is -3.18. The number of aromatic nitrogens is 1. The predicted molar refractivity (Wildman–Crippen MR) is 131 cm³/mol. The molecule has 3 heterocycles. The summed E-state index contributed by atoms with van der Waals surface area (Å²) in [4.78, 5) is 8.50. The van der Waals surface area contributed by atoms with E-state index in [-0.39, 0.29) is 36.9 Å². The molecule has 0 spiro atoms. The molecule has 5 rings (SSSR count). The van der Waals surface area contributed by atoms with Gasteiger partial charge in [0.25, 0.3) is 5.88 Å². The van der Waals surface area contributed by atoms with Gasteiger partial charge in [0, 0.05) is 18.5 Å². The Balaban J connectivity index is 1.55. The van der Waals surface area contributed by atoms with Crippen LogP contribution in [0.4, 0.5) is 13.2 Å². The summed E-state index contributed by atoms with van der Waals surface area (Å²) in [6.07, 6.45) is 3.03. The highest BCUT2D eigenvalue weighted by Crippen LogP contribution is 2.52. The summed E-state index contributed by atoms with van der Waals surface area (Å²) in [6.45, 7) is 2.69. The van der Waals surface area contributed by atoms with Crippen molar-refractivity contribution < 1.29 is 31.1 Å². The summed E-state index contributed by atoms with van der Waals surface area (Å²) in [6, 6.07) is 8.19. The van der Waals surface area contributed by atoms with E-state index in [2.05, 4.69) is 9.98 Å². The number of amidine groups is 1. The van der Waals surface area contributed by atoms with E-state index in [1.54, 1.807) is 0 Å². The van der Waals surface area contributed by atoms with E-state index in [4.69, 9.17) is 15.2 Å². The van der Waals surface area contributed by atoms with Gasteiger partial charge in [-0.3, -0.25) is 4.99 Å². The quantitative estimate of drug-likeness (QED) is 0.628. The molecular formula is C26H26F3N3O4S. The Morgan fingerprint density at radius 2 is 1.84 bits per heavy atom. The third-order valence-electron chi connectivity index (χ3n) is 7.50. The smallest absolute Gasteiger partial charge is 0.255 e. The number of nitrogens with two attached hydrogens (primary N) is 1. The lowest BCUT2D eigenvalue weighted by molar-refractivity contribution is -0.0441. The summed E-state index contributed by atoms with van der Waals surface area (Å²) >= 11 is 0. The minimum absolute atomic E-state index is 0.0350. The van der Waals surface area contributed by atoms with Crippen LogP contribution in [-0.2, 0) is 14.6 Å². The summed E-state index contributed by atoms with van der Waals surface area (Å²) in [5, 5.41) is -1.17. The van der Waals surface area contributed by atoms with E-state index < -0.39 is 54.9 Å². The number of ether oxygens (including phenoxy) is 2. The van der Waals surface area contributed by atoms with Crippen molar-refractivity contribution in [2.24, 2.45) is 16.6 Å². The molecule has 4 atom stereocenters. The lowest BCUT2D eigenvalue weighted by Gasteiger charge is -2.52. The second-order valence-corrected chi connectivity index (χ2v) is 12.6. The zero-order valence-electron chi connectivity index (χ0n) is 20.2. The molecule has 37 heavy (non-hydrogen) atoms. The Morgan fingerprint density at radius 1 is 1.11 bits per heavy atom. The number of halogens is 3. The van der Waals surface area contributed by atoms with Gasteiger partial charge >= 0.3 is 0 Å². The van der Waals surface area contributed by atoms with Gasteiger partial charge in [0.1, 0.15) is 33.5 Å². The number of hydrogen-bond acceptors (Lipinski definition) is 7. The van der Waals surface area contributed by atoms with Crippen LogP contribution in [0.3, 0.4) is 0 Å². The predicted octanol–water partition coefficient (Wildman–Crippen LogP) is 4.33. The molecule has 0 bridgehead atoms. The normalized spacial score (nSPS) is 30.4. The highest BCUT2D eigenvalue weighted by molar-refractivity contribution is 7.94. The highest BCUT2D eigenvalue weighted by Gasteiger charge is 2.63. The van der Waals surface area contributed by atoms with Crippen LogP contribution >= 0.6 is 0 Å². The Kier molecular flexibility index (Phi) is 6.18. The van der Waals surface area contributed by atoms with E-state index in [0.717, 1.165) is 6.08 Å². The topological polar surface area (TPSA) is 104 Å². The van der Waals surface area contributed by atoms with Gasteiger partial charge in [0.05, 0.1) is 18.0 Å². The summed E-state index contributed by atoms with van der Waals surface area (Å²) in [7, 11) is -4.01. The lowest BCUT2D eigenvalue weighted by atomic mass is 9.73. The molecule has 1 aliphatic carbocycles. The van der Waals surface area contributed by atoms with Gasteiger partial charge in [0.15, 0.2) is 15.7 Å². The van der Waals surface area contributed by atoms with Crippen molar-refractivity contribution in [2.75, 3.05) is 6.61 Å². The molecule has 196 valence electrons. The average molecular weight is 534 g/mol. The molecular weight excluding hydrogens is 507 g/mol. The largest absolute Gasteiger partial charge is 0.441 e. The van der Waals surface area contributed by atoms with E-state index in [1.807, 2.05) is 0 Å². The highest BCUT2D eigenvalue weighted by atomic mass is 32.2. The fourth-order valence-corrected chi connectivity index (χ4v) is 7.48. The Labute approximate surface area is 212 Å². The number of benzene rings is 1. The number of sulfone groups is 1. The summed E-state index contributed by atoms with van der Waals surface area (Å²) in [5.74, 6) is -3.10. The lowest BCUT2D eigenvalue weighted by Crippen LogP contribution is -2.67. The van der Waals surface area contributed by atoms with Gasteiger partial charge in [0.2, 0.25) is 0 Å². The zero-order valence-corrected chi connectivity index (χ0v) is 21.0. The minimum atomic E-state index is -4.01. The molecule has 0 radical (unpaired) electrons. The molecule has 0 saturated carbocycles. The number of fused-ring (bicyclic) bond motifs is 1. The number of pyridine rings is 1. The summed E-state index contributed by atoms with van der Waals surface area (Å²) < 4.78 is 81.3. The molecule has 2 N–H and O–H groups in total. The van der Waals surface area contributed by atoms with E-state index in [1.165, 1.54) is 62.5 Å². The van der Waals surface area contributed by atoms with Crippen molar-refractivity contribution in [1.29, 1.82) is 0 Å². The number of aliphatic imine (C=N–C) groups is 1. The third kappa shape index (κ3) is 4.14. The van der Waals surface area contributed by atoms with Crippen molar-refractivity contribution in [2.45, 2.75) is 48.3 Å². The van der Waals surface area contributed by atoms with Crippen LogP contribution < -0.4 is 10.5 Å². The second-order valence-electron chi connectivity index (χ2n) is 9.95. The van der Waals surface area contributed by atoms with E-state index in [0.29, 0.717) is 5.56 Å². The maximum atomic E-state index is 15.5. The first-order valence-corrected chi connectivity index (χ1v) is 13.3. The Bertz CT molecular complexity index is 1420. The zero-order chi connectivity index (χ0) is 26.6. The molecule has 2 aromatic rings. The van der Waals surface area contributed by atoms with Crippen molar-refractivity contribution in [3.05, 3.63) is 83.5 Å². The number of rotatable bonds is 4. The second kappa shape index (κ2) is 8.98. The third-order valence-corrected chi connectivity index (χ3v) is 10.5. The van der Waals surface area contributed by atoms with Gasteiger partial charge in [-0.2, -0.15) is 0 Å². The van der Waals surface area contributed by atoms with Gasteiger partial charge in [-0.15, -0.1) is 0 Å². The Morgan fingerprint density at radius 3 is 2.54 bits per heavy atom. The van der Waals surface area contributed by atoms with Crippen LogP contribution in [-0.4, -0.2) is 41.4 Å². The first kappa shape index (κ1) is 25.5. The van der Waals surface area contributed by atoms with Crippen LogP contribution in [0.1, 0.15) is 38.4 Å². The fraction of sp³-hybridized carbons (Fsp3) is 0.385. The maximum absolute atomic E-state index is 15.5. The SMILES string of the molecule is CC1(C)C(N)=N[C@@]2(C3CC(Oc4ncccc4F)=CC=C3F)CO[C@@H](c3ccc(F)cc3)C[C@H]2S1(=O)=O. The number of nitrogens with zero attached hydrogens (tertiary/aromatic N) is 2. The molecule has 3 aliphatic rings. The molecule has 2 aliphatic heterocycles. The van der Waals surface area contributed by atoms with Crippen LogP contribution in [0.5, 0.6) is 5.88 Å². The van der Waals surface area contributed by atoms with Crippen molar-refractivity contribution in [3.8, 4) is 5.88 Å². The fourth-order valence-electron chi connectivity index (χ4n) is 5.18. The number of allylic oxidation sites excluding steroid dienone is 3. The molecule has 1 saturated heterocycles. The van der Waals surface area contributed by atoms with Crippen LogP contribution in [0.15, 0.2) is 71.3 Å². The van der Waals surface area contributed by atoms with Crippen LogP contribution in [0.25, 0.3) is 0 Å². The minimum Gasteiger partial charge on any atom is -0.441 e. The molecule has 1 fully saturated rings. The standard InChI is InChI=1S/C26H26F3N3O4S/c1-25(2)24(30)32-26(18-12-17(9-10-19(18)28)36-23-20(29)4-3-11-31-23)14-35-21(13-22(26)37(25,33)34)15-5-7-16(27)8-6-15/h3-11,18,21-22H,12-14H2,1-2H3,(H2,30,32)/t18?,21-,22-,26-/m1/s1. The first-order chi connectivity index (χ1) is 17.5. The van der Waals surface area contributed by atoms with Gasteiger partial charge in [-0.25, -0.2) is 26.6 Å².